The summed E-state index contributed by atoms with van der Waals surface area (Å²) in [6.07, 6.45) is 6.08. The number of Topliss-reactive ketones (excluding diaryl/α,β-unsaturated/α-hetero) is 1. The van der Waals surface area contributed by atoms with E-state index in [1.807, 2.05) is 24.3 Å². The minimum atomic E-state index is -0.323. The van der Waals surface area contributed by atoms with Gasteiger partial charge in [-0.15, -0.1) is 0 Å². The monoisotopic (exact) mass is 482 g/mol. The van der Waals surface area contributed by atoms with Crippen LogP contribution in [0.25, 0.3) is 0 Å². The number of carbonyl (C=O) groups is 3. The van der Waals surface area contributed by atoms with Crippen molar-refractivity contribution < 1.29 is 19.1 Å². The van der Waals surface area contributed by atoms with Crippen LogP contribution in [0.3, 0.4) is 0 Å². The highest BCUT2D eigenvalue weighted by Gasteiger charge is 2.38. The maximum atomic E-state index is 13.0. The molecule has 180 valence electrons. The number of rotatable bonds is 6. The average Bonchev–Trinajstić information content (AvgIpc) is 3.34. The lowest BCUT2D eigenvalue weighted by molar-refractivity contribution is -0.146. The Bertz CT molecular complexity index is 1030. The van der Waals surface area contributed by atoms with Crippen LogP contribution in [0.15, 0.2) is 48.5 Å². The molecular formula is C27H31ClN2O4. The Morgan fingerprint density at radius 2 is 1.62 bits per heavy atom. The van der Waals surface area contributed by atoms with Gasteiger partial charge in [0, 0.05) is 28.2 Å². The highest BCUT2D eigenvalue weighted by molar-refractivity contribution is 6.30. The number of ketones is 1. The quantitative estimate of drug-likeness (QED) is 0.393. The minimum Gasteiger partial charge on any atom is -0.469 e. The normalized spacial score (nSPS) is 24.3. The number of hydrogen-bond donors (Lipinski definition) is 2. The van der Waals surface area contributed by atoms with E-state index in [0.717, 1.165) is 44.9 Å². The summed E-state index contributed by atoms with van der Waals surface area (Å²) in [5, 5.41) is 6.47. The number of nitrogens with one attached hydrogen (secondary N) is 2. The van der Waals surface area contributed by atoms with Crippen LogP contribution in [0.5, 0.6) is 0 Å². The van der Waals surface area contributed by atoms with Crippen LogP contribution in [0.2, 0.25) is 5.02 Å². The summed E-state index contributed by atoms with van der Waals surface area (Å²) in [4.78, 5) is 37.3. The molecule has 0 spiro atoms. The molecule has 0 unspecified atom stereocenters. The number of ether oxygens (including phenoxy) is 1. The largest absolute Gasteiger partial charge is 0.469 e. The first kappa shape index (κ1) is 24.3. The van der Waals surface area contributed by atoms with Gasteiger partial charge in [-0.25, -0.2) is 4.79 Å². The van der Waals surface area contributed by atoms with Gasteiger partial charge in [0.2, 0.25) is 0 Å². The van der Waals surface area contributed by atoms with Crippen molar-refractivity contribution >= 4 is 35.1 Å². The smallest absolute Gasteiger partial charge is 0.319 e. The van der Waals surface area contributed by atoms with Crippen LogP contribution in [0.1, 0.15) is 66.8 Å². The van der Waals surface area contributed by atoms with Gasteiger partial charge in [-0.05, 0) is 68.2 Å². The van der Waals surface area contributed by atoms with E-state index in [4.69, 9.17) is 16.3 Å². The second-order valence-electron chi connectivity index (χ2n) is 9.31. The number of halogens is 1. The summed E-state index contributed by atoms with van der Waals surface area (Å²) < 4.78 is 4.89. The predicted molar refractivity (Wildman–Crippen MR) is 132 cm³/mol. The Morgan fingerprint density at radius 3 is 2.29 bits per heavy atom. The first-order chi connectivity index (χ1) is 16.4. The van der Waals surface area contributed by atoms with Gasteiger partial charge in [-0.3, -0.25) is 9.59 Å². The summed E-state index contributed by atoms with van der Waals surface area (Å²) >= 11 is 5.97. The van der Waals surface area contributed by atoms with Gasteiger partial charge in [-0.1, -0.05) is 48.4 Å². The number of methoxy groups -OCH3 is 1. The summed E-state index contributed by atoms with van der Waals surface area (Å²) in [5.74, 6) is -0.432. The number of carbonyl (C=O) groups excluding carboxylic acids is 3. The number of amides is 2. The molecule has 0 bridgehead atoms. The van der Waals surface area contributed by atoms with Crippen molar-refractivity contribution in [2.24, 2.45) is 11.8 Å². The summed E-state index contributed by atoms with van der Waals surface area (Å²) in [6, 6.07) is 14.9. The first-order valence-corrected chi connectivity index (χ1v) is 12.4. The number of urea groups is 1. The second kappa shape index (κ2) is 11.0. The third kappa shape index (κ3) is 5.79. The van der Waals surface area contributed by atoms with E-state index in [9.17, 15) is 14.4 Å². The maximum Gasteiger partial charge on any atom is 0.319 e. The van der Waals surface area contributed by atoms with Gasteiger partial charge in [0.25, 0.3) is 0 Å². The Balaban J connectivity index is 1.28. The lowest BCUT2D eigenvalue weighted by Crippen LogP contribution is -2.39. The van der Waals surface area contributed by atoms with Crippen LogP contribution in [0, 0.1) is 11.8 Å². The molecule has 7 heteroatoms. The Labute approximate surface area is 205 Å². The third-order valence-electron chi connectivity index (χ3n) is 7.17. The van der Waals surface area contributed by atoms with Gasteiger partial charge in [-0.2, -0.15) is 0 Å². The molecule has 0 heterocycles. The van der Waals surface area contributed by atoms with Crippen LogP contribution in [0.4, 0.5) is 10.5 Å². The molecule has 0 radical (unpaired) electrons. The molecule has 2 aromatic rings. The molecule has 2 saturated carbocycles. The molecule has 2 fully saturated rings. The zero-order valence-corrected chi connectivity index (χ0v) is 20.1. The minimum absolute atomic E-state index is 0.0399. The molecule has 2 amide bonds. The fraction of sp³-hybridized carbons (Fsp3) is 0.444. The topological polar surface area (TPSA) is 84.5 Å². The lowest BCUT2D eigenvalue weighted by atomic mass is 9.81. The van der Waals surface area contributed by atoms with E-state index in [1.165, 1.54) is 12.7 Å². The Hall–Kier alpha value is -2.86. The van der Waals surface area contributed by atoms with E-state index in [-0.39, 0.29) is 35.7 Å². The summed E-state index contributed by atoms with van der Waals surface area (Å²) in [7, 11) is 1.38. The zero-order chi connectivity index (χ0) is 24.1. The van der Waals surface area contributed by atoms with E-state index < -0.39 is 0 Å². The van der Waals surface area contributed by atoms with Crippen molar-refractivity contribution in [3.8, 4) is 0 Å². The number of benzene rings is 2. The summed E-state index contributed by atoms with van der Waals surface area (Å²) in [6.45, 7) is 0. The van der Waals surface area contributed by atoms with Gasteiger partial charge >= 0.3 is 12.0 Å². The number of anilines is 1. The van der Waals surface area contributed by atoms with E-state index >= 15 is 0 Å². The third-order valence-corrected chi connectivity index (χ3v) is 7.40. The fourth-order valence-electron chi connectivity index (χ4n) is 5.33. The highest BCUT2D eigenvalue weighted by atomic mass is 35.5. The van der Waals surface area contributed by atoms with Crippen molar-refractivity contribution in [2.75, 3.05) is 12.4 Å². The predicted octanol–water partition coefficient (Wildman–Crippen LogP) is 5.96. The van der Waals surface area contributed by atoms with E-state index in [2.05, 4.69) is 10.6 Å². The van der Waals surface area contributed by atoms with Gasteiger partial charge in [0.15, 0.2) is 5.78 Å². The Kier molecular flexibility index (Phi) is 7.88. The SMILES string of the molecule is COC(=O)[C@H]1CCC[C@H]1C(=O)c1ccc(C2CCC(NC(=O)Nc3cccc(Cl)c3)CC2)cc1. The molecule has 2 aliphatic carbocycles. The van der Waals surface area contributed by atoms with Crippen LogP contribution in [-0.4, -0.2) is 30.9 Å². The van der Waals surface area contributed by atoms with Crippen molar-refractivity contribution in [3.05, 3.63) is 64.7 Å². The van der Waals surface area contributed by atoms with E-state index in [1.54, 1.807) is 24.3 Å². The molecule has 2 N–H and O–H groups in total. The van der Waals surface area contributed by atoms with Gasteiger partial charge in [0.05, 0.1) is 13.0 Å². The summed E-state index contributed by atoms with van der Waals surface area (Å²) in [5.41, 5.74) is 2.55. The van der Waals surface area contributed by atoms with Crippen molar-refractivity contribution in [1.82, 2.24) is 5.32 Å². The maximum absolute atomic E-state index is 13.0. The molecule has 2 aliphatic rings. The van der Waals surface area contributed by atoms with E-state index in [0.29, 0.717) is 22.2 Å². The molecule has 2 aromatic carbocycles. The molecule has 6 nitrogen and oxygen atoms in total. The molecular weight excluding hydrogens is 452 g/mol. The molecule has 0 aromatic heterocycles. The average molecular weight is 483 g/mol. The molecule has 4 rings (SSSR count). The van der Waals surface area contributed by atoms with Crippen molar-refractivity contribution in [3.63, 3.8) is 0 Å². The molecule has 34 heavy (non-hydrogen) atoms. The zero-order valence-electron chi connectivity index (χ0n) is 19.4. The lowest BCUT2D eigenvalue weighted by Gasteiger charge is -2.29. The first-order valence-electron chi connectivity index (χ1n) is 12.0. The number of esters is 1. The molecule has 0 aliphatic heterocycles. The highest BCUT2D eigenvalue weighted by Crippen LogP contribution is 2.36. The van der Waals surface area contributed by atoms with Gasteiger partial charge < -0.3 is 15.4 Å². The standard InChI is InChI=1S/C27H31ClN2O4/c1-34-26(32)24-7-3-6-23(24)25(31)19-10-8-17(9-11-19)18-12-14-21(15-13-18)29-27(33)30-22-5-2-4-20(28)16-22/h2,4-5,8-11,16,18,21,23-24H,3,6-7,12-15H2,1H3,(H2,29,30,33)/t18?,21?,23-,24+/m1/s1. The number of hydrogen-bond acceptors (Lipinski definition) is 4. The van der Waals surface area contributed by atoms with Crippen molar-refractivity contribution in [1.29, 1.82) is 0 Å². The molecule has 2 atom stereocenters. The Morgan fingerprint density at radius 1 is 0.912 bits per heavy atom. The van der Waals surface area contributed by atoms with Crippen LogP contribution in [-0.2, 0) is 9.53 Å². The van der Waals surface area contributed by atoms with Gasteiger partial charge in [0.1, 0.15) is 0 Å². The van der Waals surface area contributed by atoms with Crippen molar-refractivity contribution in [2.45, 2.75) is 56.9 Å². The van der Waals surface area contributed by atoms with Crippen LogP contribution < -0.4 is 10.6 Å². The fourth-order valence-corrected chi connectivity index (χ4v) is 5.52. The second-order valence-corrected chi connectivity index (χ2v) is 9.75. The molecule has 0 saturated heterocycles. The van der Waals surface area contributed by atoms with Crippen LogP contribution >= 0.6 is 11.6 Å².